The molecule has 0 saturated carbocycles. The summed E-state index contributed by atoms with van der Waals surface area (Å²) in [6, 6.07) is 5.23. The summed E-state index contributed by atoms with van der Waals surface area (Å²) in [6.07, 6.45) is 4.37. The lowest BCUT2D eigenvalue weighted by atomic mass is 10.0. The minimum atomic E-state index is -1.17. The van der Waals surface area contributed by atoms with Crippen LogP contribution in [0.5, 0.6) is 0 Å². The van der Waals surface area contributed by atoms with Crippen LogP contribution in [0.25, 0.3) is 0 Å². The Kier molecular flexibility index (Phi) is 15.6. The Hall–Kier alpha value is -2.63. The van der Waals surface area contributed by atoms with Crippen LogP contribution in [0.15, 0.2) is 30.3 Å². The lowest BCUT2D eigenvalue weighted by Gasteiger charge is -2.25. The molecular weight excluding hydrogens is 494 g/mol. The fourth-order valence-corrected chi connectivity index (χ4v) is 4.23. The zero-order valence-corrected chi connectivity index (χ0v) is 22.9. The van der Waals surface area contributed by atoms with Crippen molar-refractivity contribution < 1.29 is 24.3 Å². The van der Waals surface area contributed by atoms with Crippen LogP contribution >= 0.6 is 11.8 Å². The second kappa shape index (κ2) is 17.8. The number of nitrogens with two attached hydrogens (primary N) is 2. The van der Waals surface area contributed by atoms with Crippen LogP contribution in [0, 0.1) is 5.92 Å². The maximum absolute atomic E-state index is 13.2. The molecule has 0 aromatic heterocycles. The molecule has 4 atom stereocenters. The Bertz CT molecular complexity index is 855. The summed E-state index contributed by atoms with van der Waals surface area (Å²) >= 11 is 1.50. The van der Waals surface area contributed by atoms with Crippen molar-refractivity contribution in [3.05, 3.63) is 35.9 Å². The van der Waals surface area contributed by atoms with Gasteiger partial charge in [0.15, 0.2) is 0 Å². The number of carbonyl (C=O) groups excluding carboxylic acids is 3. The smallest absolute Gasteiger partial charge is 0.326 e. The Balaban J connectivity index is 2.97. The largest absolute Gasteiger partial charge is 0.480 e. The predicted molar refractivity (Wildman–Crippen MR) is 147 cm³/mol. The normalized spacial score (nSPS) is 14.3. The molecule has 0 spiro atoms. The highest BCUT2D eigenvalue weighted by Gasteiger charge is 2.30. The van der Waals surface area contributed by atoms with E-state index < -0.39 is 47.9 Å². The lowest BCUT2D eigenvalue weighted by Crippen LogP contribution is -2.57. The van der Waals surface area contributed by atoms with Crippen molar-refractivity contribution in [2.75, 3.05) is 18.6 Å². The zero-order chi connectivity index (χ0) is 27.8. The number of hydrogen-bond donors (Lipinski definition) is 6. The van der Waals surface area contributed by atoms with Gasteiger partial charge in [0.05, 0.1) is 6.04 Å². The Morgan fingerprint density at radius 3 is 2.00 bits per heavy atom. The van der Waals surface area contributed by atoms with E-state index in [4.69, 9.17) is 11.5 Å². The molecule has 3 amide bonds. The summed E-state index contributed by atoms with van der Waals surface area (Å²) in [6.45, 7) is 4.36. The molecule has 1 rings (SSSR count). The van der Waals surface area contributed by atoms with Crippen LogP contribution in [0.1, 0.15) is 51.5 Å². The van der Waals surface area contributed by atoms with E-state index in [1.54, 1.807) is 24.3 Å². The number of amides is 3. The first-order chi connectivity index (χ1) is 17.6. The fraction of sp³-hybridized carbons (Fsp3) is 0.615. The fourth-order valence-electron chi connectivity index (χ4n) is 3.75. The minimum Gasteiger partial charge on any atom is -0.480 e. The van der Waals surface area contributed by atoms with Crippen molar-refractivity contribution in [1.29, 1.82) is 0 Å². The third kappa shape index (κ3) is 12.9. The van der Waals surface area contributed by atoms with Crippen molar-refractivity contribution in [1.82, 2.24) is 16.0 Å². The van der Waals surface area contributed by atoms with Crippen LogP contribution in [0.4, 0.5) is 0 Å². The molecule has 37 heavy (non-hydrogen) atoms. The van der Waals surface area contributed by atoms with E-state index >= 15 is 0 Å². The molecule has 0 aliphatic rings. The first-order valence-electron chi connectivity index (χ1n) is 12.7. The van der Waals surface area contributed by atoms with Gasteiger partial charge in [-0.1, -0.05) is 44.2 Å². The summed E-state index contributed by atoms with van der Waals surface area (Å²) < 4.78 is 0. The molecule has 1 aromatic carbocycles. The van der Waals surface area contributed by atoms with Gasteiger partial charge in [-0.05, 0) is 62.1 Å². The van der Waals surface area contributed by atoms with Crippen LogP contribution < -0.4 is 27.4 Å². The third-order valence-electron chi connectivity index (χ3n) is 5.78. The van der Waals surface area contributed by atoms with E-state index in [0.29, 0.717) is 44.4 Å². The van der Waals surface area contributed by atoms with Gasteiger partial charge in [-0.3, -0.25) is 14.4 Å². The van der Waals surface area contributed by atoms with Gasteiger partial charge in [-0.2, -0.15) is 11.8 Å². The van der Waals surface area contributed by atoms with Crippen LogP contribution in [-0.4, -0.2) is 71.5 Å². The van der Waals surface area contributed by atoms with E-state index in [9.17, 15) is 24.3 Å². The number of nitrogens with one attached hydrogen (secondary N) is 3. The second-order valence-corrected chi connectivity index (χ2v) is 10.5. The molecule has 0 radical (unpaired) electrons. The number of unbranched alkanes of at least 4 members (excludes halogenated alkanes) is 1. The summed E-state index contributed by atoms with van der Waals surface area (Å²) in [7, 11) is 0. The highest BCUT2D eigenvalue weighted by Crippen LogP contribution is 2.09. The summed E-state index contributed by atoms with van der Waals surface area (Å²) in [4.78, 5) is 50.8. The molecule has 1 aromatic rings. The molecule has 0 fully saturated rings. The number of thioether (sulfide) groups is 1. The monoisotopic (exact) mass is 537 g/mol. The second-order valence-electron chi connectivity index (χ2n) is 9.51. The summed E-state index contributed by atoms with van der Waals surface area (Å²) in [5.41, 5.74) is 12.3. The molecular formula is C26H43N5O5S. The quantitative estimate of drug-likeness (QED) is 0.150. The van der Waals surface area contributed by atoms with Crippen LogP contribution in [-0.2, 0) is 25.6 Å². The summed E-state index contributed by atoms with van der Waals surface area (Å²) in [5, 5.41) is 17.7. The van der Waals surface area contributed by atoms with Gasteiger partial charge >= 0.3 is 5.97 Å². The maximum Gasteiger partial charge on any atom is 0.326 e. The Morgan fingerprint density at radius 2 is 1.46 bits per heavy atom. The lowest BCUT2D eigenvalue weighted by molar-refractivity contribution is -0.142. The molecule has 0 aliphatic heterocycles. The van der Waals surface area contributed by atoms with Crippen molar-refractivity contribution in [2.24, 2.45) is 17.4 Å². The Labute approximate surface area is 224 Å². The molecule has 0 saturated heterocycles. The average Bonchev–Trinajstić information content (AvgIpc) is 2.85. The van der Waals surface area contributed by atoms with E-state index in [1.165, 1.54) is 11.8 Å². The molecule has 0 aliphatic carbocycles. The van der Waals surface area contributed by atoms with E-state index in [2.05, 4.69) is 16.0 Å². The summed E-state index contributed by atoms with van der Waals surface area (Å²) in [5.74, 6) is -1.92. The van der Waals surface area contributed by atoms with E-state index in [0.717, 1.165) is 5.56 Å². The van der Waals surface area contributed by atoms with Crippen molar-refractivity contribution in [3.8, 4) is 0 Å². The first kappa shape index (κ1) is 32.4. The number of carboxylic acid groups (broad SMARTS) is 1. The molecule has 208 valence electrons. The molecule has 11 heteroatoms. The number of carboxylic acids is 1. The van der Waals surface area contributed by atoms with E-state index in [-0.39, 0.29) is 12.3 Å². The van der Waals surface area contributed by atoms with Crippen molar-refractivity contribution >= 4 is 35.5 Å². The number of aliphatic carboxylic acids is 1. The van der Waals surface area contributed by atoms with Gasteiger partial charge in [0.2, 0.25) is 17.7 Å². The molecule has 0 heterocycles. The molecule has 10 nitrogen and oxygen atoms in total. The van der Waals surface area contributed by atoms with Gasteiger partial charge in [0.1, 0.15) is 18.1 Å². The SMILES string of the molecule is CSCCC(NC(=O)C(CCCCN)NC(=O)C(N)CC(C)C)C(=O)NC(Cc1ccccc1)C(=O)O. The highest BCUT2D eigenvalue weighted by molar-refractivity contribution is 7.98. The first-order valence-corrected chi connectivity index (χ1v) is 14.1. The van der Waals surface area contributed by atoms with Crippen molar-refractivity contribution in [3.63, 3.8) is 0 Å². The standard InChI is InChI=1S/C26H43N5O5S/c1-17(2)15-19(28)23(32)29-20(11-7-8-13-27)24(33)30-21(12-14-37-3)25(34)31-22(26(35)36)16-18-9-5-4-6-10-18/h4-6,9-10,17,19-22H,7-8,11-16,27-28H2,1-3H3,(H,29,32)(H,30,33)(H,31,34)(H,35,36). The maximum atomic E-state index is 13.2. The predicted octanol–water partition coefficient (Wildman–Crippen LogP) is 1.02. The molecule has 0 bridgehead atoms. The third-order valence-corrected chi connectivity index (χ3v) is 6.43. The van der Waals surface area contributed by atoms with Gasteiger partial charge in [0.25, 0.3) is 0 Å². The highest BCUT2D eigenvalue weighted by atomic mass is 32.2. The van der Waals surface area contributed by atoms with Gasteiger partial charge < -0.3 is 32.5 Å². The van der Waals surface area contributed by atoms with Gasteiger partial charge in [-0.25, -0.2) is 4.79 Å². The van der Waals surface area contributed by atoms with Crippen LogP contribution in [0.2, 0.25) is 0 Å². The topological polar surface area (TPSA) is 177 Å². The van der Waals surface area contributed by atoms with E-state index in [1.807, 2.05) is 26.2 Å². The molecule has 8 N–H and O–H groups in total. The number of hydrogen-bond acceptors (Lipinski definition) is 7. The van der Waals surface area contributed by atoms with Crippen molar-refractivity contribution in [2.45, 2.75) is 76.5 Å². The average molecular weight is 538 g/mol. The zero-order valence-electron chi connectivity index (χ0n) is 22.1. The number of carbonyl (C=O) groups is 4. The minimum absolute atomic E-state index is 0.108. The Morgan fingerprint density at radius 1 is 0.892 bits per heavy atom. The molecule has 4 unspecified atom stereocenters. The van der Waals surface area contributed by atoms with Gasteiger partial charge in [0, 0.05) is 6.42 Å². The van der Waals surface area contributed by atoms with Crippen LogP contribution in [0.3, 0.4) is 0 Å². The number of rotatable bonds is 18. The number of benzene rings is 1. The van der Waals surface area contributed by atoms with Gasteiger partial charge in [-0.15, -0.1) is 0 Å².